The molecule has 4 rings (SSSR count). The predicted octanol–water partition coefficient (Wildman–Crippen LogP) is 2.75. The van der Waals surface area contributed by atoms with Gasteiger partial charge in [-0.05, 0) is 86.0 Å². The van der Waals surface area contributed by atoms with Crippen LogP contribution in [0.2, 0.25) is 0 Å². The maximum atomic E-state index is 14.9. The van der Waals surface area contributed by atoms with Crippen LogP contribution in [0.15, 0.2) is 48.5 Å². The highest BCUT2D eigenvalue weighted by atomic mass is 16.7. The molecule has 12 N–H and O–H groups in total. The SMILES string of the molecule is CC[C@H](C)[C@@H](C(CC(=O)N1CCC[C@H]1[C@H](C)[C@@H](C)C(=O)N[C@H](C)[C@@H](O)c1ccccc1)OC)N(C)C(=O)[C@@H](NC(=O)[C@H](C(C)C)N(C)C(=O)OCc1ccc(O[C@@H]2O[C@H](C(=O)O)[C@@H](O)[C@H](O)[C@H]2O)c(NC(=O)CCNC(=O)[C@@H](N)CCCCNC(=O)CCOCCOCCOCCOCCOCCOCCOCCOCCOCCOCCOCCOC)c1)C(C)C. The maximum Gasteiger partial charge on any atom is 0.410 e. The van der Waals surface area contributed by atoms with E-state index in [1.807, 2.05) is 45.9 Å². The van der Waals surface area contributed by atoms with Crippen LogP contribution in [-0.2, 0) is 116 Å². The first-order valence-electron chi connectivity index (χ1n) is 44.4. The number of likely N-dealkylation sites (N-methyl/N-ethyl adjacent to an activating group) is 2. The first-order chi connectivity index (χ1) is 60.9. The average Bonchev–Trinajstić information content (AvgIpc) is 1.60. The Morgan fingerprint density at radius 2 is 1.12 bits per heavy atom. The number of aliphatic hydroxyl groups excluding tert-OH is 4. The van der Waals surface area contributed by atoms with Crippen LogP contribution in [-0.4, -0.2) is 367 Å². The summed E-state index contributed by atoms with van der Waals surface area (Å²) in [7, 11) is 6.08. The Balaban J connectivity index is 1.16. The first-order valence-corrected chi connectivity index (χ1v) is 44.4. The molecule has 726 valence electrons. The Morgan fingerprint density at radius 3 is 1.61 bits per heavy atom. The monoisotopic (exact) mass is 1810 g/mol. The molecule has 2 heterocycles. The summed E-state index contributed by atoms with van der Waals surface area (Å²) in [6, 6.07) is 8.28. The number of anilines is 1. The van der Waals surface area contributed by atoms with Crippen molar-refractivity contribution in [1.29, 1.82) is 0 Å². The molecule has 0 aliphatic carbocycles. The van der Waals surface area contributed by atoms with E-state index in [2.05, 4.69) is 26.6 Å². The third kappa shape index (κ3) is 42.1. The fourth-order valence-corrected chi connectivity index (χ4v) is 14.2. The van der Waals surface area contributed by atoms with E-state index in [4.69, 9.17) is 81.5 Å². The summed E-state index contributed by atoms with van der Waals surface area (Å²) in [5.41, 5.74) is 6.96. The van der Waals surface area contributed by atoms with E-state index in [-0.39, 0.29) is 98.0 Å². The standard InChI is InChI=1S/C88H149N9O30/c1-14-60(6)76(70(113-13)56-73(100)97-31-20-24-68(97)61(7)62(8)82(105)92-63(9)77(101)65-21-16-15-17-22-65)95(10)85(108)74(58(2)3)94-84(107)75(59(4)5)96(11)88(111)125-57-64-25-26-69(126-87-80(104)78(102)79(103)81(127-87)86(109)110)67(55-64)93-72(99)27-30-91-83(106)66(89)23-18-19-29-90-71(98)28-32-114-35-36-116-39-40-118-43-44-120-47-48-122-51-52-124-54-53-123-50-49-121-46-45-119-42-41-117-38-37-115-34-33-112-12/h15-17,21-22,25-26,55,58-63,66,68,70,74-81,87,101-104H,14,18-20,23-24,27-54,56-57,89H2,1-13H3,(H,90,98)(H,91,106)(H,92,105)(H,93,99)(H,94,107)(H,109,110)/t60-,61+,62+,63+,66-,68-,70?,74-,75-,76-,77+,78-,79-,80+,81-,87+/m0/s1. The van der Waals surface area contributed by atoms with Crippen molar-refractivity contribution >= 4 is 59.1 Å². The lowest BCUT2D eigenvalue weighted by molar-refractivity contribution is -0.271. The molecule has 2 saturated heterocycles. The Kier molecular flexibility index (Phi) is 56.6. The molecule has 0 radical (unpaired) electrons. The predicted molar refractivity (Wildman–Crippen MR) is 465 cm³/mol. The van der Waals surface area contributed by atoms with Crippen LogP contribution < -0.4 is 37.1 Å². The highest BCUT2D eigenvalue weighted by molar-refractivity contribution is 5.94. The third-order valence-electron chi connectivity index (χ3n) is 21.9. The summed E-state index contributed by atoms with van der Waals surface area (Å²) in [6.07, 6.45) is -9.76. The topological polar surface area (TPSA) is 498 Å². The number of unbranched alkanes of at least 4 members (excludes halogenated alkanes) is 1. The van der Waals surface area contributed by atoms with Gasteiger partial charge in [0.25, 0.3) is 0 Å². The van der Waals surface area contributed by atoms with Gasteiger partial charge in [0.1, 0.15) is 42.8 Å². The van der Waals surface area contributed by atoms with E-state index < -0.39 is 133 Å². The fourth-order valence-electron chi connectivity index (χ4n) is 14.2. The molecule has 39 heteroatoms. The highest BCUT2D eigenvalue weighted by Gasteiger charge is 2.49. The average molecular weight is 1810 g/mol. The van der Waals surface area contributed by atoms with Gasteiger partial charge in [0.15, 0.2) is 6.10 Å². The van der Waals surface area contributed by atoms with E-state index in [0.29, 0.717) is 183 Å². The zero-order chi connectivity index (χ0) is 93.6. The Bertz CT molecular complexity index is 3430. The van der Waals surface area contributed by atoms with Crippen molar-refractivity contribution in [3.8, 4) is 5.75 Å². The van der Waals surface area contributed by atoms with Gasteiger partial charge in [-0.25, -0.2) is 9.59 Å². The number of hydrogen-bond acceptors (Lipinski definition) is 30. The van der Waals surface area contributed by atoms with Crippen molar-refractivity contribution in [3.63, 3.8) is 0 Å². The van der Waals surface area contributed by atoms with Crippen LogP contribution in [0, 0.1) is 29.6 Å². The molecule has 0 spiro atoms. The number of rotatable bonds is 70. The van der Waals surface area contributed by atoms with Crippen LogP contribution in [0.4, 0.5) is 10.5 Å². The highest BCUT2D eigenvalue weighted by Crippen LogP contribution is 2.34. The van der Waals surface area contributed by atoms with Crippen molar-refractivity contribution in [2.75, 3.05) is 205 Å². The minimum absolute atomic E-state index is 0.0847. The molecule has 2 aliphatic heterocycles. The van der Waals surface area contributed by atoms with E-state index in [9.17, 15) is 68.7 Å². The Morgan fingerprint density at radius 1 is 0.591 bits per heavy atom. The zero-order valence-corrected chi connectivity index (χ0v) is 76.8. The van der Waals surface area contributed by atoms with Crippen molar-refractivity contribution in [2.24, 2.45) is 35.3 Å². The van der Waals surface area contributed by atoms with Gasteiger partial charge in [-0.15, -0.1) is 0 Å². The molecule has 0 bridgehead atoms. The molecule has 39 nitrogen and oxygen atoms in total. The van der Waals surface area contributed by atoms with Crippen molar-refractivity contribution in [1.82, 2.24) is 36.0 Å². The molecule has 8 amide bonds. The number of hydrogen-bond donors (Lipinski definition) is 11. The summed E-state index contributed by atoms with van der Waals surface area (Å²) in [5.74, 6) is -6.97. The van der Waals surface area contributed by atoms with E-state index in [1.165, 1.54) is 37.3 Å². The quantitative estimate of drug-likeness (QED) is 0.0424. The number of carboxylic acid groups (broad SMARTS) is 1. The number of carbonyl (C=O) groups excluding carboxylic acids is 8. The first kappa shape index (κ1) is 112. The molecular weight excluding hydrogens is 1660 g/mol. The number of carboxylic acids is 1. The zero-order valence-electron chi connectivity index (χ0n) is 76.8. The van der Waals surface area contributed by atoms with Gasteiger partial charge in [0.2, 0.25) is 47.6 Å². The van der Waals surface area contributed by atoms with Gasteiger partial charge in [0.05, 0.1) is 194 Å². The lowest BCUT2D eigenvalue weighted by atomic mass is 9.86. The minimum Gasteiger partial charge on any atom is -0.479 e. The number of aliphatic hydroxyl groups is 4. The molecule has 1 unspecified atom stereocenters. The minimum atomic E-state index is -2.05. The second kappa shape index (κ2) is 64.3. The van der Waals surface area contributed by atoms with Gasteiger partial charge in [0, 0.05) is 72.8 Å². The van der Waals surface area contributed by atoms with Gasteiger partial charge >= 0.3 is 12.1 Å². The summed E-state index contributed by atoms with van der Waals surface area (Å²) >= 11 is 0. The summed E-state index contributed by atoms with van der Waals surface area (Å²) < 4.78 is 88.3. The van der Waals surface area contributed by atoms with Gasteiger partial charge in [-0.3, -0.25) is 38.5 Å². The lowest BCUT2D eigenvalue weighted by Crippen LogP contribution is -2.61. The number of nitrogens with two attached hydrogens (primary N) is 1. The van der Waals surface area contributed by atoms with Gasteiger partial charge < -0.3 is 143 Å². The van der Waals surface area contributed by atoms with Crippen LogP contribution in [0.25, 0.3) is 0 Å². The summed E-state index contributed by atoms with van der Waals surface area (Å²) in [6.45, 7) is 26.4. The van der Waals surface area contributed by atoms with Crippen LogP contribution in [0.3, 0.4) is 0 Å². The molecule has 2 aromatic carbocycles. The van der Waals surface area contributed by atoms with E-state index in [1.54, 1.807) is 65.8 Å². The van der Waals surface area contributed by atoms with Gasteiger partial charge in [-0.1, -0.05) is 98.2 Å². The van der Waals surface area contributed by atoms with Gasteiger partial charge in [-0.2, -0.15) is 0 Å². The Labute approximate surface area is 748 Å². The van der Waals surface area contributed by atoms with E-state index >= 15 is 0 Å². The smallest absolute Gasteiger partial charge is 0.410 e. The molecule has 2 aliphatic rings. The number of methoxy groups -OCH3 is 2. The van der Waals surface area contributed by atoms with Crippen molar-refractivity contribution in [2.45, 2.75) is 206 Å². The van der Waals surface area contributed by atoms with E-state index in [0.717, 1.165) is 11.3 Å². The number of benzene rings is 2. The second-order valence-electron chi connectivity index (χ2n) is 32.2. The van der Waals surface area contributed by atoms with Crippen LogP contribution >= 0.6 is 0 Å². The second-order valence-corrected chi connectivity index (χ2v) is 32.2. The molecule has 2 aromatic rings. The van der Waals surface area contributed by atoms with Crippen molar-refractivity contribution < 1.29 is 144 Å². The van der Waals surface area contributed by atoms with Crippen LogP contribution in [0.1, 0.15) is 137 Å². The number of aliphatic carboxylic acids is 1. The fraction of sp³-hybridized carbons (Fsp3) is 0.761. The molecule has 16 atom stereocenters. The molecule has 127 heavy (non-hydrogen) atoms. The number of ether oxygens (including phenoxy) is 16. The summed E-state index contributed by atoms with van der Waals surface area (Å²) in [4.78, 5) is 127. The largest absolute Gasteiger partial charge is 0.479 e. The number of nitrogens with zero attached hydrogens (tertiary/aromatic N) is 3. The number of amides is 8. The molecule has 0 saturated carbocycles. The Hall–Kier alpha value is -7.49. The summed E-state index contributed by atoms with van der Waals surface area (Å²) in [5, 5.41) is 66.5. The third-order valence-corrected chi connectivity index (χ3v) is 21.9. The molecule has 2 fully saturated rings. The number of likely N-dealkylation sites (tertiary alicyclic amines) is 1. The number of carbonyl (C=O) groups is 9. The van der Waals surface area contributed by atoms with Crippen molar-refractivity contribution in [3.05, 3.63) is 59.7 Å². The maximum absolute atomic E-state index is 14.9. The molecule has 0 aromatic heterocycles. The molecular formula is C88H149N9O30. The normalized spacial score (nSPS) is 18.8. The van der Waals surface area contributed by atoms with Crippen LogP contribution in [0.5, 0.6) is 5.75 Å². The number of nitrogens with one attached hydrogen (secondary N) is 5. The lowest BCUT2D eigenvalue weighted by Gasteiger charge is -2.41.